The molecule has 0 aliphatic carbocycles. The number of hydrogen-bond acceptors (Lipinski definition) is 3. The van der Waals surface area contributed by atoms with Crippen LogP contribution in [0.2, 0.25) is 0 Å². The van der Waals surface area contributed by atoms with Crippen molar-refractivity contribution < 1.29 is 0 Å². The van der Waals surface area contributed by atoms with Gasteiger partial charge in [-0.3, -0.25) is 14.8 Å². The minimum Gasteiger partial charge on any atom is -0.297 e. The number of nitrogens with zero attached hydrogens (tertiary/aromatic N) is 3. The van der Waals surface area contributed by atoms with Crippen LogP contribution in [0.3, 0.4) is 0 Å². The predicted molar refractivity (Wildman–Crippen MR) is 68.8 cm³/mol. The summed E-state index contributed by atoms with van der Waals surface area (Å²) in [6, 6.07) is 5.56. The fourth-order valence-corrected chi connectivity index (χ4v) is 2.40. The van der Waals surface area contributed by atoms with E-state index >= 15 is 0 Å². The van der Waals surface area contributed by atoms with Crippen LogP contribution in [0.25, 0.3) is 5.82 Å². The summed E-state index contributed by atoms with van der Waals surface area (Å²) in [6.45, 7) is 4.93. The minimum atomic E-state index is 0.0412. The average molecular weight is 244 g/mol. The van der Waals surface area contributed by atoms with E-state index in [9.17, 15) is 4.79 Å². The van der Waals surface area contributed by atoms with Gasteiger partial charge in [-0.05, 0) is 25.1 Å². The highest BCUT2D eigenvalue weighted by molar-refractivity contribution is 5.27. The van der Waals surface area contributed by atoms with Gasteiger partial charge < -0.3 is 0 Å². The number of nitrogens with one attached hydrogen (secondary N) is 1. The lowest BCUT2D eigenvalue weighted by atomic mass is 10.1. The lowest BCUT2D eigenvalue weighted by molar-refractivity contribution is 0.264. The van der Waals surface area contributed by atoms with E-state index in [4.69, 9.17) is 0 Å². The summed E-state index contributed by atoms with van der Waals surface area (Å²) in [6.07, 6.45) is 2.51. The van der Waals surface area contributed by atoms with Crippen LogP contribution in [-0.2, 0) is 13.0 Å². The van der Waals surface area contributed by atoms with Gasteiger partial charge >= 0.3 is 0 Å². The molecule has 0 atom stereocenters. The van der Waals surface area contributed by atoms with Crippen molar-refractivity contribution in [1.29, 1.82) is 0 Å². The number of pyridine rings is 1. The minimum absolute atomic E-state index is 0.0412. The molecule has 0 aromatic carbocycles. The van der Waals surface area contributed by atoms with E-state index in [0.717, 1.165) is 37.3 Å². The van der Waals surface area contributed by atoms with Gasteiger partial charge in [0.15, 0.2) is 5.82 Å². The molecule has 3 heterocycles. The van der Waals surface area contributed by atoms with Crippen LogP contribution in [0.15, 0.2) is 29.2 Å². The normalized spacial score (nSPS) is 15.6. The average Bonchev–Trinajstić information content (AvgIpc) is 2.76. The SMILES string of the molecule is CCN1CCc2c([nH]n(-c3ccccn3)c2=O)C1. The number of aromatic nitrogens is 3. The first-order valence-corrected chi connectivity index (χ1v) is 6.26. The monoisotopic (exact) mass is 244 g/mol. The van der Waals surface area contributed by atoms with Gasteiger partial charge in [0.2, 0.25) is 0 Å². The Balaban J connectivity index is 2.05. The molecule has 0 saturated heterocycles. The second-order valence-electron chi connectivity index (χ2n) is 4.52. The van der Waals surface area contributed by atoms with Gasteiger partial charge in [-0.1, -0.05) is 13.0 Å². The largest absolute Gasteiger partial charge is 0.297 e. The van der Waals surface area contributed by atoms with E-state index in [1.807, 2.05) is 18.2 Å². The Kier molecular flexibility index (Phi) is 2.76. The molecule has 2 aromatic rings. The Morgan fingerprint density at radius 2 is 2.33 bits per heavy atom. The highest BCUT2D eigenvalue weighted by Gasteiger charge is 2.22. The fraction of sp³-hybridized carbons (Fsp3) is 0.385. The zero-order valence-electron chi connectivity index (χ0n) is 10.4. The number of rotatable bonds is 2. The molecule has 0 amide bonds. The van der Waals surface area contributed by atoms with Gasteiger partial charge in [-0.15, -0.1) is 0 Å². The van der Waals surface area contributed by atoms with Gasteiger partial charge in [0.1, 0.15) is 0 Å². The Labute approximate surface area is 105 Å². The quantitative estimate of drug-likeness (QED) is 0.855. The van der Waals surface area contributed by atoms with Crippen molar-refractivity contribution in [3.05, 3.63) is 46.0 Å². The first-order valence-electron chi connectivity index (χ1n) is 6.26. The second-order valence-corrected chi connectivity index (χ2v) is 4.52. The summed E-state index contributed by atoms with van der Waals surface area (Å²) in [5.41, 5.74) is 1.98. The van der Waals surface area contributed by atoms with E-state index < -0.39 is 0 Å². The van der Waals surface area contributed by atoms with Gasteiger partial charge in [0.05, 0.1) is 5.69 Å². The molecule has 0 spiro atoms. The van der Waals surface area contributed by atoms with E-state index in [0.29, 0.717) is 5.82 Å². The van der Waals surface area contributed by atoms with Crippen molar-refractivity contribution >= 4 is 0 Å². The van der Waals surface area contributed by atoms with Gasteiger partial charge in [0, 0.05) is 24.8 Å². The van der Waals surface area contributed by atoms with Crippen LogP contribution in [-0.4, -0.2) is 32.8 Å². The van der Waals surface area contributed by atoms with Gasteiger partial charge in [-0.25, -0.2) is 9.67 Å². The first kappa shape index (κ1) is 11.2. The molecular weight excluding hydrogens is 228 g/mol. The smallest absolute Gasteiger partial charge is 0.276 e. The molecular formula is C13H16N4O. The predicted octanol–water partition coefficient (Wildman–Crippen LogP) is 0.939. The maximum atomic E-state index is 12.3. The lowest BCUT2D eigenvalue weighted by Crippen LogP contribution is -2.31. The summed E-state index contributed by atoms with van der Waals surface area (Å²) >= 11 is 0. The molecule has 0 fully saturated rings. The number of aromatic amines is 1. The summed E-state index contributed by atoms with van der Waals surface area (Å²) in [5, 5.41) is 3.18. The standard InChI is InChI=1S/C13H16N4O/c1-2-16-8-6-10-11(9-16)15-17(13(10)18)12-5-3-4-7-14-12/h3-5,7,15H,2,6,8-9H2,1H3. The van der Waals surface area contributed by atoms with Crippen LogP contribution >= 0.6 is 0 Å². The molecule has 5 nitrogen and oxygen atoms in total. The topological polar surface area (TPSA) is 53.9 Å². The van der Waals surface area contributed by atoms with Gasteiger partial charge in [-0.2, -0.15) is 0 Å². The van der Waals surface area contributed by atoms with E-state index in [2.05, 4.69) is 21.9 Å². The van der Waals surface area contributed by atoms with Crippen LogP contribution < -0.4 is 5.56 Å². The molecule has 5 heteroatoms. The van der Waals surface area contributed by atoms with Crippen LogP contribution in [0.4, 0.5) is 0 Å². The van der Waals surface area contributed by atoms with Crippen LogP contribution in [0.5, 0.6) is 0 Å². The number of likely N-dealkylation sites (N-methyl/N-ethyl adjacent to an activating group) is 1. The molecule has 3 rings (SSSR count). The molecule has 18 heavy (non-hydrogen) atoms. The number of fused-ring (bicyclic) bond motifs is 1. The number of hydrogen-bond donors (Lipinski definition) is 1. The van der Waals surface area contributed by atoms with Crippen LogP contribution in [0, 0.1) is 0 Å². The van der Waals surface area contributed by atoms with E-state index in [1.54, 1.807) is 10.9 Å². The summed E-state index contributed by atoms with van der Waals surface area (Å²) in [7, 11) is 0. The van der Waals surface area contributed by atoms with Gasteiger partial charge in [0.25, 0.3) is 5.56 Å². The molecule has 0 radical (unpaired) electrons. The third-order valence-electron chi connectivity index (χ3n) is 3.46. The molecule has 94 valence electrons. The summed E-state index contributed by atoms with van der Waals surface area (Å²) in [4.78, 5) is 18.8. The third-order valence-corrected chi connectivity index (χ3v) is 3.46. The second kappa shape index (κ2) is 4.42. The van der Waals surface area contributed by atoms with Crippen molar-refractivity contribution in [2.75, 3.05) is 13.1 Å². The van der Waals surface area contributed by atoms with Crippen LogP contribution in [0.1, 0.15) is 18.2 Å². The molecule has 0 bridgehead atoms. The zero-order chi connectivity index (χ0) is 12.5. The number of H-pyrrole nitrogens is 1. The first-order chi connectivity index (χ1) is 8.79. The maximum Gasteiger partial charge on any atom is 0.276 e. The molecule has 0 unspecified atom stereocenters. The molecule has 1 aliphatic heterocycles. The molecule has 0 saturated carbocycles. The Morgan fingerprint density at radius 1 is 1.44 bits per heavy atom. The fourth-order valence-electron chi connectivity index (χ4n) is 2.40. The van der Waals surface area contributed by atoms with E-state index in [1.165, 1.54) is 0 Å². The highest BCUT2D eigenvalue weighted by Crippen LogP contribution is 2.14. The maximum absolute atomic E-state index is 12.3. The Morgan fingerprint density at radius 3 is 3.06 bits per heavy atom. The van der Waals surface area contributed by atoms with Crippen molar-refractivity contribution in [1.82, 2.24) is 19.7 Å². The molecule has 1 N–H and O–H groups in total. The van der Waals surface area contributed by atoms with Crippen molar-refractivity contribution in [3.8, 4) is 5.82 Å². The Bertz CT molecular complexity index is 599. The Hall–Kier alpha value is -1.88. The molecule has 1 aliphatic rings. The van der Waals surface area contributed by atoms with Crippen molar-refractivity contribution in [2.45, 2.75) is 19.9 Å². The highest BCUT2D eigenvalue weighted by atomic mass is 16.1. The molecule has 2 aromatic heterocycles. The van der Waals surface area contributed by atoms with Crippen molar-refractivity contribution in [2.24, 2.45) is 0 Å². The lowest BCUT2D eigenvalue weighted by Gasteiger charge is -2.23. The third kappa shape index (κ3) is 1.76. The summed E-state index contributed by atoms with van der Waals surface area (Å²) in [5.74, 6) is 0.653. The zero-order valence-corrected chi connectivity index (χ0v) is 10.4. The van der Waals surface area contributed by atoms with Crippen molar-refractivity contribution in [3.63, 3.8) is 0 Å². The summed E-state index contributed by atoms with van der Waals surface area (Å²) < 4.78 is 1.55. The van der Waals surface area contributed by atoms with E-state index in [-0.39, 0.29) is 5.56 Å².